The average Bonchev–Trinajstić information content (AvgIpc) is 2.35. The lowest BCUT2D eigenvalue weighted by atomic mass is 9.80. The summed E-state index contributed by atoms with van der Waals surface area (Å²) < 4.78 is 5.44. The first-order valence-corrected chi connectivity index (χ1v) is 7.09. The Labute approximate surface area is 109 Å². The van der Waals surface area contributed by atoms with Gasteiger partial charge in [-0.25, -0.2) is 0 Å². The van der Waals surface area contributed by atoms with E-state index in [1.54, 1.807) is 0 Å². The predicted octanol–water partition coefficient (Wildman–Crippen LogP) is 1.99. The van der Waals surface area contributed by atoms with E-state index in [2.05, 4.69) is 18.7 Å². The molecule has 0 radical (unpaired) electrons. The molecule has 0 bridgehead atoms. The number of nitrogens with zero attached hydrogens (tertiary/aromatic N) is 1. The molecule has 2 saturated heterocycles. The summed E-state index contributed by atoms with van der Waals surface area (Å²) >= 11 is 0. The number of carboxylic acids is 1. The second-order valence-electron chi connectivity index (χ2n) is 6.20. The Kier molecular flexibility index (Phi) is 4.28. The molecule has 3 atom stereocenters. The van der Waals surface area contributed by atoms with E-state index in [1.165, 1.54) is 12.8 Å². The highest BCUT2D eigenvalue weighted by Gasteiger charge is 2.43. The minimum atomic E-state index is -0.687. The smallest absolute Gasteiger partial charge is 0.313 e. The van der Waals surface area contributed by atoms with Gasteiger partial charge in [0.2, 0.25) is 0 Å². The largest absolute Gasteiger partial charge is 0.481 e. The van der Waals surface area contributed by atoms with Crippen molar-refractivity contribution in [1.82, 2.24) is 4.90 Å². The minimum Gasteiger partial charge on any atom is -0.481 e. The van der Waals surface area contributed by atoms with Crippen LogP contribution in [-0.2, 0) is 9.53 Å². The number of carbonyl (C=O) groups is 1. The highest BCUT2D eigenvalue weighted by Crippen LogP contribution is 2.33. The fourth-order valence-electron chi connectivity index (χ4n) is 3.20. The standard InChI is InChI=1S/C14H25NO3/c1-11-4-5-12(2)15(8-11)9-14(13(16)17)6-3-7-18-10-14/h11-12H,3-10H2,1-2H3,(H,16,17). The fourth-order valence-corrected chi connectivity index (χ4v) is 3.20. The van der Waals surface area contributed by atoms with E-state index in [9.17, 15) is 9.90 Å². The molecule has 2 heterocycles. The van der Waals surface area contributed by atoms with Crippen molar-refractivity contribution >= 4 is 5.97 Å². The van der Waals surface area contributed by atoms with Crippen molar-refractivity contribution in [2.24, 2.45) is 11.3 Å². The maximum atomic E-state index is 11.6. The summed E-state index contributed by atoms with van der Waals surface area (Å²) in [5.74, 6) is -0.0100. The van der Waals surface area contributed by atoms with Crippen molar-refractivity contribution in [3.63, 3.8) is 0 Å². The van der Waals surface area contributed by atoms with E-state index < -0.39 is 11.4 Å². The van der Waals surface area contributed by atoms with E-state index in [1.807, 2.05) is 0 Å². The lowest BCUT2D eigenvalue weighted by Crippen LogP contribution is -2.52. The summed E-state index contributed by atoms with van der Waals surface area (Å²) in [5.41, 5.74) is -0.677. The van der Waals surface area contributed by atoms with Gasteiger partial charge in [-0.1, -0.05) is 6.92 Å². The normalized spacial score (nSPS) is 38.6. The quantitative estimate of drug-likeness (QED) is 0.838. The van der Waals surface area contributed by atoms with Gasteiger partial charge in [0.15, 0.2) is 0 Å². The zero-order valence-electron chi connectivity index (χ0n) is 11.5. The number of piperidine rings is 1. The molecular weight excluding hydrogens is 230 g/mol. The van der Waals surface area contributed by atoms with Crippen molar-refractivity contribution in [3.8, 4) is 0 Å². The zero-order valence-corrected chi connectivity index (χ0v) is 11.5. The number of likely N-dealkylation sites (tertiary alicyclic amines) is 1. The monoisotopic (exact) mass is 255 g/mol. The SMILES string of the molecule is CC1CCC(C)N(CC2(C(=O)O)CCCOC2)C1. The first kappa shape index (κ1) is 13.8. The molecule has 2 aliphatic rings. The molecule has 104 valence electrons. The van der Waals surface area contributed by atoms with Crippen molar-refractivity contribution in [2.45, 2.75) is 45.6 Å². The highest BCUT2D eigenvalue weighted by molar-refractivity contribution is 5.75. The molecule has 0 aromatic carbocycles. The summed E-state index contributed by atoms with van der Waals surface area (Å²) in [6, 6.07) is 0.499. The van der Waals surface area contributed by atoms with Gasteiger partial charge in [0.25, 0.3) is 0 Å². The Morgan fingerprint density at radius 1 is 1.44 bits per heavy atom. The minimum absolute atomic E-state index is 0.375. The Morgan fingerprint density at radius 3 is 2.83 bits per heavy atom. The van der Waals surface area contributed by atoms with Gasteiger partial charge < -0.3 is 9.84 Å². The van der Waals surface area contributed by atoms with Crippen molar-refractivity contribution < 1.29 is 14.6 Å². The van der Waals surface area contributed by atoms with Gasteiger partial charge in [0.05, 0.1) is 6.61 Å². The molecule has 4 heteroatoms. The van der Waals surface area contributed by atoms with Gasteiger partial charge in [0.1, 0.15) is 5.41 Å². The van der Waals surface area contributed by atoms with Gasteiger partial charge in [-0.3, -0.25) is 9.69 Å². The first-order valence-electron chi connectivity index (χ1n) is 7.09. The molecule has 0 amide bonds. The van der Waals surface area contributed by atoms with Crippen LogP contribution in [0.5, 0.6) is 0 Å². The summed E-state index contributed by atoms with van der Waals surface area (Å²) in [5, 5.41) is 9.56. The molecule has 0 spiro atoms. The molecule has 3 unspecified atom stereocenters. The van der Waals surface area contributed by atoms with E-state index in [-0.39, 0.29) is 0 Å². The van der Waals surface area contributed by atoms with Crippen LogP contribution in [0.2, 0.25) is 0 Å². The number of hydrogen-bond donors (Lipinski definition) is 1. The third kappa shape index (κ3) is 2.86. The molecule has 0 aliphatic carbocycles. The van der Waals surface area contributed by atoms with Crippen LogP contribution < -0.4 is 0 Å². The second-order valence-corrected chi connectivity index (χ2v) is 6.20. The van der Waals surface area contributed by atoms with Crippen LogP contribution >= 0.6 is 0 Å². The summed E-state index contributed by atoms with van der Waals surface area (Å²) in [6.45, 7) is 7.22. The van der Waals surface area contributed by atoms with Crippen molar-refractivity contribution in [3.05, 3.63) is 0 Å². The second kappa shape index (κ2) is 5.57. The summed E-state index contributed by atoms with van der Waals surface area (Å²) in [6.07, 6.45) is 4.05. The zero-order chi connectivity index (χ0) is 13.2. The lowest BCUT2D eigenvalue weighted by Gasteiger charge is -2.43. The van der Waals surface area contributed by atoms with Crippen LogP contribution in [0.1, 0.15) is 39.5 Å². The molecule has 0 saturated carbocycles. The number of aliphatic carboxylic acids is 1. The van der Waals surface area contributed by atoms with Gasteiger partial charge in [-0.2, -0.15) is 0 Å². The average molecular weight is 255 g/mol. The Hall–Kier alpha value is -0.610. The van der Waals surface area contributed by atoms with Gasteiger partial charge in [-0.05, 0) is 38.5 Å². The van der Waals surface area contributed by atoms with Crippen LogP contribution in [0.15, 0.2) is 0 Å². The molecule has 2 fully saturated rings. The maximum Gasteiger partial charge on any atom is 0.313 e. The number of hydrogen-bond acceptors (Lipinski definition) is 3. The maximum absolute atomic E-state index is 11.6. The molecule has 2 aliphatic heterocycles. The lowest BCUT2D eigenvalue weighted by molar-refractivity contribution is -0.160. The first-order chi connectivity index (χ1) is 8.53. The molecule has 4 nitrogen and oxygen atoms in total. The Balaban J connectivity index is 2.05. The Morgan fingerprint density at radius 2 is 2.22 bits per heavy atom. The number of ether oxygens (including phenoxy) is 1. The summed E-state index contributed by atoms with van der Waals surface area (Å²) in [4.78, 5) is 14.0. The molecule has 0 aromatic heterocycles. The molecule has 0 aromatic rings. The molecule has 18 heavy (non-hydrogen) atoms. The number of rotatable bonds is 3. The van der Waals surface area contributed by atoms with E-state index in [0.717, 1.165) is 19.4 Å². The van der Waals surface area contributed by atoms with Gasteiger partial charge in [0, 0.05) is 25.7 Å². The van der Waals surface area contributed by atoms with Crippen molar-refractivity contribution in [1.29, 1.82) is 0 Å². The van der Waals surface area contributed by atoms with Gasteiger partial charge in [-0.15, -0.1) is 0 Å². The van der Waals surface area contributed by atoms with Crippen LogP contribution in [-0.4, -0.2) is 48.3 Å². The fraction of sp³-hybridized carbons (Fsp3) is 0.929. The third-order valence-corrected chi connectivity index (χ3v) is 4.53. The van der Waals surface area contributed by atoms with E-state index >= 15 is 0 Å². The van der Waals surface area contributed by atoms with Gasteiger partial charge >= 0.3 is 5.97 Å². The van der Waals surface area contributed by atoms with Crippen LogP contribution in [0, 0.1) is 11.3 Å². The third-order valence-electron chi connectivity index (χ3n) is 4.53. The predicted molar refractivity (Wildman–Crippen MR) is 69.6 cm³/mol. The van der Waals surface area contributed by atoms with Crippen LogP contribution in [0.25, 0.3) is 0 Å². The van der Waals surface area contributed by atoms with E-state index in [4.69, 9.17) is 4.74 Å². The highest BCUT2D eigenvalue weighted by atomic mass is 16.5. The topological polar surface area (TPSA) is 49.8 Å². The summed E-state index contributed by atoms with van der Waals surface area (Å²) in [7, 11) is 0. The van der Waals surface area contributed by atoms with Crippen LogP contribution in [0.3, 0.4) is 0 Å². The van der Waals surface area contributed by atoms with Crippen molar-refractivity contribution in [2.75, 3.05) is 26.3 Å². The van der Waals surface area contributed by atoms with E-state index in [0.29, 0.717) is 31.7 Å². The molecular formula is C14H25NO3. The molecule has 2 rings (SSSR count). The molecule has 1 N–H and O–H groups in total. The van der Waals surface area contributed by atoms with Crippen LogP contribution in [0.4, 0.5) is 0 Å². The number of carboxylic acid groups (broad SMARTS) is 1. The Bertz CT molecular complexity index is 299.